The van der Waals surface area contributed by atoms with E-state index in [2.05, 4.69) is 26.1 Å². The number of nitrogens with one attached hydrogen (secondary N) is 1. The number of esters is 1. The molecule has 1 aromatic rings. The van der Waals surface area contributed by atoms with E-state index >= 15 is 0 Å². The molecular formula is C35H52BN3O9. The van der Waals surface area contributed by atoms with Crippen LogP contribution in [0.25, 0.3) is 0 Å². The van der Waals surface area contributed by atoms with Crippen LogP contribution in [0.5, 0.6) is 5.75 Å². The van der Waals surface area contributed by atoms with Gasteiger partial charge in [0.2, 0.25) is 11.8 Å². The normalized spacial score (nSPS) is 27.1. The van der Waals surface area contributed by atoms with Crippen LogP contribution in [0.2, 0.25) is 0 Å². The lowest BCUT2D eigenvalue weighted by molar-refractivity contribution is -0.199. The predicted molar refractivity (Wildman–Crippen MR) is 178 cm³/mol. The summed E-state index contributed by atoms with van der Waals surface area (Å²) in [5.41, 5.74) is -0.811. The number of hydrogen-bond donors (Lipinski definition) is 1. The van der Waals surface area contributed by atoms with Gasteiger partial charge in [0.15, 0.2) is 0 Å². The Kier molecular flexibility index (Phi) is 9.64. The summed E-state index contributed by atoms with van der Waals surface area (Å²) in [5, 5.41) is 3.09. The molecule has 12 nitrogen and oxygen atoms in total. The number of nitrogens with zero attached hydrogens (tertiary/aromatic N) is 2. The molecule has 48 heavy (non-hydrogen) atoms. The van der Waals surface area contributed by atoms with Crippen LogP contribution >= 0.6 is 0 Å². The lowest BCUT2D eigenvalue weighted by Gasteiger charge is -2.64. The molecule has 2 bridgehead atoms. The number of piperazine rings is 1. The minimum Gasteiger partial charge on any atom is -0.496 e. The molecule has 1 N–H and O–H groups in total. The van der Waals surface area contributed by atoms with Crippen LogP contribution in [0.4, 0.5) is 4.79 Å². The number of hydrogen-bond acceptors (Lipinski definition) is 9. The van der Waals surface area contributed by atoms with E-state index in [4.69, 9.17) is 23.5 Å². The van der Waals surface area contributed by atoms with Crippen LogP contribution in [0.15, 0.2) is 18.2 Å². The summed E-state index contributed by atoms with van der Waals surface area (Å²) in [5.74, 6) is -0.700. The van der Waals surface area contributed by atoms with Gasteiger partial charge in [-0.1, -0.05) is 26.0 Å². The Morgan fingerprint density at radius 3 is 2.33 bits per heavy atom. The molecule has 1 aromatic carbocycles. The predicted octanol–water partition coefficient (Wildman–Crippen LogP) is 4.02. The zero-order chi connectivity index (χ0) is 35.4. The molecule has 5 unspecified atom stereocenters. The zero-order valence-corrected chi connectivity index (χ0v) is 30.1. The van der Waals surface area contributed by atoms with Crippen molar-refractivity contribution in [2.45, 2.75) is 110 Å². The van der Waals surface area contributed by atoms with Gasteiger partial charge in [-0.3, -0.25) is 14.5 Å². The molecule has 5 fully saturated rings. The number of methoxy groups -OCH3 is 1. The number of rotatable bonds is 8. The van der Waals surface area contributed by atoms with Gasteiger partial charge in [0.05, 0.1) is 31.3 Å². The number of carbonyl (C=O) groups is 4. The van der Waals surface area contributed by atoms with E-state index < -0.39 is 47.8 Å². The lowest BCUT2D eigenvalue weighted by atomic mass is 9.43. The molecular weight excluding hydrogens is 617 g/mol. The third-order valence-corrected chi connectivity index (χ3v) is 10.3. The van der Waals surface area contributed by atoms with Crippen molar-refractivity contribution in [1.82, 2.24) is 15.1 Å². The summed E-state index contributed by atoms with van der Waals surface area (Å²) in [4.78, 5) is 55.1. The quantitative estimate of drug-likeness (QED) is 0.322. The number of amides is 3. The Bertz CT molecular complexity index is 1440. The molecule has 0 radical (unpaired) electrons. The van der Waals surface area contributed by atoms with Gasteiger partial charge < -0.3 is 33.7 Å². The van der Waals surface area contributed by atoms with Crippen molar-refractivity contribution in [3.8, 4) is 5.75 Å². The van der Waals surface area contributed by atoms with Crippen LogP contribution in [-0.2, 0) is 34.8 Å². The van der Waals surface area contributed by atoms with Crippen LogP contribution < -0.4 is 10.1 Å². The van der Waals surface area contributed by atoms with Crippen molar-refractivity contribution < 1.29 is 42.7 Å². The van der Waals surface area contributed by atoms with Gasteiger partial charge in [-0.15, -0.1) is 0 Å². The van der Waals surface area contributed by atoms with Crippen molar-refractivity contribution in [3.63, 3.8) is 0 Å². The van der Waals surface area contributed by atoms with Gasteiger partial charge in [-0.2, -0.15) is 0 Å². The Morgan fingerprint density at radius 2 is 1.73 bits per heavy atom. The molecule has 6 rings (SSSR count). The molecule has 2 heterocycles. The standard InChI is InChI=1S/C35H52BN3O9/c1-32(2,3)45-30(42)23-13-11-12-21(29(23)44-10)16-26(36-47-25-18-22-17-24(34(22,7)8)35(25,9)48-36)37-27(40)19-38-14-15-39(20-28(38)41)31(43)46-33(4,5)6/h11-13,22,24-26H,14-20H2,1-10H3,(H,37,40). The van der Waals surface area contributed by atoms with E-state index in [9.17, 15) is 19.2 Å². The number of carbonyl (C=O) groups excluding carboxylic acids is 4. The summed E-state index contributed by atoms with van der Waals surface area (Å²) in [6, 6.07) is 5.25. The van der Waals surface area contributed by atoms with Gasteiger partial charge in [0.25, 0.3) is 0 Å². The molecule has 0 aromatic heterocycles. The second kappa shape index (κ2) is 12.9. The first-order valence-electron chi connectivity index (χ1n) is 17.0. The van der Waals surface area contributed by atoms with Crippen molar-refractivity contribution in [3.05, 3.63) is 29.3 Å². The van der Waals surface area contributed by atoms with Gasteiger partial charge >= 0.3 is 19.2 Å². The fraction of sp³-hybridized carbons (Fsp3) is 0.714. The average Bonchev–Trinajstić information content (AvgIpc) is 3.33. The minimum absolute atomic E-state index is 0.115. The van der Waals surface area contributed by atoms with E-state index in [1.165, 1.54) is 16.9 Å². The molecule has 264 valence electrons. The van der Waals surface area contributed by atoms with E-state index in [-0.39, 0.29) is 55.6 Å². The molecule has 3 saturated carbocycles. The second-order valence-corrected chi connectivity index (χ2v) is 16.4. The largest absolute Gasteiger partial charge is 0.496 e. The van der Waals surface area contributed by atoms with Crippen LogP contribution in [-0.4, -0.2) is 103 Å². The van der Waals surface area contributed by atoms with Crippen molar-refractivity contribution in [2.24, 2.45) is 17.3 Å². The molecule has 5 aliphatic rings. The van der Waals surface area contributed by atoms with E-state index in [0.29, 0.717) is 23.1 Å². The highest BCUT2D eigenvalue weighted by atomic mass is 16.7. The Hall–Kier alpha value is -3.32. The highest BCUT2D eigenvalue weighted by molar-refractivity contribution is 6.48. The number of benzene rings is 1. The van der Waals surface area contributed by atoms with Crippen LogP contribution in [0.3, 0.4) is 0 Å². The zero-order valence-electron chi connectivity index (χ0n) is 30.1. The molecule has 13 heteroatoms. The Balaban J connectivity index is 1.34. The van der Waals surface area contributed by atoms with Gasteiger partial charge in [-0.05, 0) is 96.6 Å². The van der Waals surface area contributed by atoms with E-state index in [1.54, 1.807) is 53.7 Å². The molecule has 2 aliphatic heterocycles. The number of ether oxygens (including phenoxy) is 3. The first-order valence-corrected chi connectivity index (χ1v) is 17.0. The van der Waals surface area contributed by atoms with Gasteiger partial charge in [-0.25, -0.2) is 9.59 Å². The maximum absolute atomic E-state index is 13.6. The Morgan fingerprint density at radius 1 is 1.04 bits per heavy atom. The highest BCUT2D eigenvalue weighted by Crippen LogP contribution is 2.65. The molecule has 5 atom stereocenters. The van der Waals surface area contributed by atoms with E-state index in [0.717, 1.165) is 12.8 Å². The minimum atomic E-state index is -0.770. The summed E-state index contributed by atoms with van der Waals surface area (Å²) < 4.78 is 30.2. The smallest absolute Gasteiger partial charge is 0.482 e. The molecule has 3 aliphatic carbocycles. The van der Waals surface area contributed by atoms with Crippen molar-refractivity contribution >= 4 is 31.0 Å². The second-order valence-electron chi connectivity index (χ2n) is 16.4. The first kappa shape index (κ1) is 36.0. The third-order valence-electron chi connectivity index (χ3n) is 10.3. The molecule has 3 amide bonds. The average molecular weight is 670 g/mol. The Labute approximate surface area is 284 Å². The van der Waals surface area contributed by atoms with Crippen LogP contribution in [0.1, 0.15) is 91.1 Å². The SMILES string of the molecule is COc1c(CC(NC(=O)CN2CCN(C(=O)OC(C)(C)C)CC2=O)B2OC3CC4CC(C4(C)C)C3(C)O2)cccc1C(=O)OC(C)(C)C. The van der Waals surface area contributed by atoms with Crippen molar-refractivity contribution in [2.75, 3.05) is 33.3 Å². The maximum Gasteiger partial charge on any atom is 0.482 e. The van der Waals surface area contributed by atoms with Gasteiger partial charge in [0.1, 0.15) is 29.1 Å². The summed E-state index contributed by atoms with van der Waals surface area (Å²) in [6.07, 6.45) is 1.52. The first-order chi connectivity index (χ1) is 22.2. The third kappa shape index (κ3) is 7.32. The van der Waals surface area contributed by atoms with E-state index in [1.807, 2.05) is 6.07 Å². The fourth-order valence-electron chi connectivity index (χ4n) is 7.79. The maximum atomic E-state index is 13.6. The highest BCUT2D eigenvalue weighted by Gasteiger charge is 2.68. The molecule has 0 spiro atoms. The summed E-state index contributed by atoms with van der Waals surface area (Å²) in [6.45, 7) is 17.5. The topological polar surface area (TPSA) is 133 Å². The van der Waals surface area contributed by atoms with Crippen molar-refractivity contribution in [1.29, 1.82) is 0 Å². The molecule has 2 saturated heterocycles. The fourth-order valence-corrected chi connectivity index (χ4v) is 7.79. The van der Waals surface area contributed by atoms with Crippen LogP contribution in [0, 0.1) is 17.3 Å². The monoisotopic (exact) mass is 669 g/mol. The lowest BCUT2D eigenvalue weighted by Crippen LogP contribution is -2.65. The van der Waals surface area contributed by atoms with Gasteiger partial charge in [0, 0.05) is 13.1 Å². The summed E-state index contributed by atoms with van der Waals surface area (Å²) >= 11 is 0. The summed E-state index contributed by atoms with van der Waals surface area (Å²) in [7, 11) is 0.727. The number of para-hydroxylation sites is 1.